The quantitative estimate of drug-likeness (QED) is 0.846. The molecule has 2 atom stereocenters. The molecule has 2 rings (SSSR count). The second-order valence-electron chi connectivity index (χ2n) is 5.81. The lowest BCUT2D eigenvalue weighted by Gasteiger charge is -2.40. The lowest BCUT2D eigenvalue weighted by atomic mass is 9.82. The van der Waals surface area contributed by atoms with Gasteiger partial charge in [0.1, 0.15) is 5.60 Å². The lowest BCUT2D eigenvalue weighted by molar-refractivity contribution is -0.0478. The summed E-state index contributed by atoms with van der Waals surface area (Å²) in [6.45, 7) is 6.63. The first-order valence-corrected chi connectivity index (χ1v) is 7.70. The van der Waals surface area contributed by atoms with Gasteiger partial charge in [0.05, 0.1) is 0 Å². The molecular weight excluding hydrogens is 234 g/mol. The van der Waals surface area contributed by atoms with Crippen molar-refractivity contribution >= 4 is 0 Å². The molecule has 0 radical (unpaired) electrons. The average Bonchev–Trinajstić information content (AvgIpc) is 2.99. The summed E-state index contributed by atoms with van der Waals surface area (Å²) < 4.78 is 0. The van der Waals surface area contributed by atoms with E-state index in [2.05, 4.69) is 30.9 Å². The monoisotopic (exact) mass is 261 g/mol. The first kappa shape index (κ1) is 14.5. The smallest absolute Gasteiger partial charge is 0.105 e. The minimum absolute atomic E-state index is 0.198. The maximum atomic E-state index is 11.3. The Morgan fingerprint density at radius 3 is 2.42 bits per heavy atom. The van der Waals surface area contributed by atoms with Crippen molar-refractivity contribution in [3.63, 3.8) is 0 Å². The topological polar surface area (TPSA) is 23.5 Å². The van der Waals surface area contributed by atoms with E-state index in [1.54, 1.807) is 0 Å². The average molecular weight is 261 g/mol. The minimum atomic E-state index is -0.707. The van der Waals surface area contributed by atoms with E-state index < -0.39 is 5.60 Å². The fourth-order valence-corrected chi connectivity index (χ4v) is 3.20. The maximum Gasteiger partial charge on any atom is 0.105 e. The Morgan fingerprint density at radius 2 is 1.84 bits per heavy atom. The molecule has 106 valence electrons. The van der Waals surface area contributed by atoms with Crippen LogP contribution in [0, 0.1) is 0 Å². The third kappa shape index (κ3) is 3.18. The molecule has 0 saturated carbocycles. The maximum absolute atomic E-state index is 11.3. The van der Waals surface area contributed by atoms with Gasteiger partial charge in [-0.3, -0.25) is 4.90 Å². The predicted octanol–water partition coefficient (Wildman–Crippen LogP) is 3.55. The van der Waals surface area contributed by atoms with Crippen molar-refractivity contribution in [3.8, 4) is 0 Å². The molecule has 1 aromatic carbocycles. The van der Waals surface area contributed by atoms with Crippen molar-refractivity contribution in [2.75, 3.05) is 13.1 Å². The van der Waals surface area contributed by atoms with E-state index in [1.807, 2.05) is 18.2 Å². The zero-order chi connectivity index (χ0) is 13.7. The number of unbranched alkanes of at least 4 members (excludes halogenated alkanes) is 1. The largest absolute Gasteiger partial charge is 0.384 e. The number of benzene rings is 1. The summed E-state index contributed by atoms with van der Waals surface area (Å²) in [5, 5.41) is 11.3. The molecule has 2 nitrogen and oxygen atoms in total. The van der Waals surface area contributed by atoms with Crippen LogP contribution in [-0.4, -0.2) is 29.1 Å². The van der Waals surface area contributed by atoms with Crippen molar-refractivity contribution in [1.82, 2.24) is 4.90 Å². The summed E-state index contributed by atoms with van der Waals surface area (Å²) in [7, 11) is 0. The van der Waals surface area contributed by atoms with Crippen molar-refractivity contribution in [2.24, 2.45) is 0 Å². The van der Waals surface area contributed by atoms with E-state index in [0.29, 0.717) is 0 Å². The van der Waals surface area contributed by atoms with Gasteiger partial charge in [-0.25, -0.2) is 0 Å². The standard InChI is InChI=1S/C17H27NO/c1-3-4-12-17(19,16-10-6-5-7-11-16)15(2)18-13-8-9-14-18/h5-7,10-11,15,19H,3-4,8-9,12-14H2,1-2H3/t15-,17+/m1/s1. The zero-order valence-electron chi connectivity index (χ0n) is 12.3. The van der Waals surface area contributed by atoms with Gasteiger partial charge in [-0.1, -0.05) is 50.1 Å². The number of likely N-dealkylation sites (tertiary alicyclic amines) is 1. The molecule has 1 aliphatic heterocycles. The van der Waals surface area contributed by atoms with Gasteiger partial charge in [0, 0.05) is 6.04 Å². The summed E-state index contributed by atoms with van der Waals surface area (Å²) >= 11 is 0. The summed E-state index contributed by atoms with van der Waals surface area (Å²) in [5.41, 5.74) is 0.365. The van der Waals surface area contributed by atoms with Gasteiger partial charge in [-0.05, 0) is 44.8 Å². The predicted molar refractivity (Wildman–Crippen MR) is 80.1 cm³/mol. The van der Waals surface area contributed by atoms with Gasteiger partial charge in [0.15, 0.2) is 0 Å². The van der Waals surface area contributed by atoms with Gasteiger partial charge in [0.25, 0.3) is 0 Å². The van der Waals surface area contributed by atoms with Crippen LogP contribution in [0.25, 0.3) is 0 Å². The summed E-state index contributed by atoms with van der Waals surface area (Å²) in [5.74, 6) is 0. The van der Waals surface area contributed by atoms with E-state index in [9.17, 15) is 5.11 Å². The van der Waals surface area contributed by atoms with Crippen molar-refractivity contribution in [3.05, 3.63) is 35.9 Å². The summed E-state index contributed by atoms with van der Waals surface area (Å²) in [6, 6.07) is 10.4. The second kappa shape index (κ2) is 6.53. The highest BCUT2D eigenvalue weighted by atomic mass is 16.3. The molecule has 1 saturated heterocycles. The number of hydrogen-bond donors (Lipinski definition) is 1. The van der Waals surface area contributed by atoms with E-state index in [4.69, 9.17) is 0 Å². The molecule has 0 aromatic heterocycles. The Morgan fingerprint density at radius 1 is 1.21 bits per heavy atom. The van der Waals surface area contributed by atoms with E-state index in [-0.39, 0.29) is 6.04 Å². The van der Waals surface area contributed by atoms with Crippen LogP contribution in [0.15, 0.2) is 30.3 Å². The van der Waals surface area contributed by atoms with Gasteiger partial charge in [-0.2, -0.15) is 0 Å². The van der Waals surface area contributed by atoms with Crippen molar-refractivity contribution < 1.29 is 5.11 Å². The van der Waals surface area contributed by atoms with Crippen LogP contribution >= 0.6 is 0 Å². The van der Waals surface area contributed by atoms with Gasteiger partial charge in [-0.15, -0.1) is 0 Å². The van der Waals surface area contributed by atoms with Crippen molar-refractivity contribution in [2.45, 2.75) is 57.6 Å². The zero-order valence-corrected chi connectivity index (χ0v) is 12.3. The molecule has 0 unspecified atom stereocenters. The molecule has 0 spiro atoms. The molecule has 0 amide bonds. The van der Waals surface area contributed by atoms with Gasteiger partial charge in [0.2, 0.25) is 0 Å². The molecule has 1 aliphatic rings. The van der Waals surface area contributed by atoms with E-state index >= 15 is 0 Å². The Bertz CT molecular complexity index is 372. The number of rotatable bonds is 6. The van der Waals surface area contributed by atoms with Crippen molar-refractivity contribution in [1.29, 1.82) is 0 Å². The first-order valence-electron chi connectivity index (χ1n) is 7.70. The van der Waals surface area contributed by atoms with Gasteiger partial charge < -0.3 is 5.11 Å². The fourth-order valence-electron chi connectivity index (χ4n) is 3.20. The molecule has 1 heterocycles. The molecular formula is C17H27NO. The molecule has 1 fully saturated rings. The van der Waals surface area contributed by atoms with Crippen LogP contribution in [0.4, 0.5) is 0 Å². The Labute approximate surface area is 117 Å². The van der Waals surface area contributed by atoms with Gasteiger partial charge >= 0.3 is 0 Å². The highest BCUT2D eigenvalue weighted by molar-refractivity contribution is 5.24. The number of nitrogens with zero attached hydrogens (tertiary/aromatic N) is 1. The van der Waals surface area contributed by atoms with Crippen LogP contribution in [0.2, 0.25) is 0 Å². The van der Waals surface area contributed by atoms with Crippen LogP contribution in [-0.2, 0) is 5.60 Å². The Balaban J connectivity index is 2.22. The molecule has 0 bridgehead atoms. The van der Waals surface area contributed by atoms with E-state index in [1.165, 1.54) is 12.8 Å². The van der Waals surface area contributed by atoms with Crippen LogP contribution < -0.4 is 0 Å². The molecule has 1 N–H and O–H groups in total. The number of aliphatic hydroxyl groups is 1. The molecule has 2 heteroatoms. The van der Waals surface area contributed by atoms with Crippen LogP contribution in [0.3, 0.4) is 0 Å². The third-order valence-electron chi connectivity index (χ3n) is 4.56. The summed E-state index contributed by atoms with van der Waals surface area (Å²) in [6.07, 6.45) is 5.59. The minimum Gasteiger partial charge on any atom is -0.384 e. The summed E-state index contributed by atoms with van der Waals surface area (Å²) in [4.78, 5) is 2.45. The highest BCUT2D eigenvalue weighted by Gasteiger charge is 2.38. The third-order valence-corrected chi connectivity index (χ3v) is 4.56. The van der Waals surface area contributed by atoms with Crippen LogP contribution in [0.1, 0.15) is 51.5 Å². The highest BCUT2D eigenvalue weighted by Crippen LogP contribution is 2.34. The van der Waals surface area contributed by atoms with Crippen LogP contribution in [0.5, 0.6) is 0 Å². The Kier molecular flexibility index (Phi) is 5.00. The Hall–Kier alpha value is -0.860. The SMILES string of the molecule is CCCC[C@@](O)(c1ccccc1)[C@@H](C)N1CCCC1. The fraction of sp³-hybridized carbons (Fsp3) is 0.647. The first-order chi connectivity index (χ1) is 9.18. The van der Waals surface area contributed by atoms with E-state index in [0.717, 1.165) is 37.9 Å². The number of hydrogen-bond acceptors (Lipinski definition) is 2. The molecule has 1 aromatic rings. The normalized spacial score (nSPS) is 21.2. The molecule has 19 heavy (non-hydrogen) atoms. The second-order valence-corrected chi connectivity index (χ2v) is 5.81. The lowest BCUT2D eigenvalue weighted by Crippen LogP contribution is -2.48. The molecule has 0 aliphatic carbocycles.